The second-order valence-corrected chi connectivity index (χ2v) is 6.18. The molecule has 0 spiro atoms. The molecule has 2 N–H and O–H groups in total. The topological polar surface area (TPSA) is 66.6 Å². The van der Waals surface area contributed by atoms with Gasteiger partial charge in [-0.2, -0.15) is 0 Å². The number of hydrogen-bond donors (Lipinski definition) is 1. The number of allylic oxidation sites excluding steroid dienone is 5. The SMILES string of the molecule is C=CC1C=C(N)C=C(C(=O)N(CCN(C)C)C(C)=O)C(C(=C)C)=C1.CC. The summed E-state index contributed by atoms with van der Waals surface area (Å²) >= 11 is 0. The molecule has 1 aliphatic rings. The molecule has 1 rings (SSSR count). The van der Waals surface area contributed by atoms with Crippen LogP contribution in [0.2, 0.25) is 0 Å². The summed E-state index contributed by atoms with van der Waals surface area (Å²) in [7, 11) is 3.78. The summed E-state index contributed by atoms with van der Waals surface area (Å²) in [6, 6.07) is 0. The maximum atomic E-state index is 13.0. The third-order valence-electron chi connectivity index (χ3n) is 3.70. The third-order valence-corrected chi connectivity index (χ3v) is 3.70. The molecule has 0 saturated carbocycles. The molecule has 2 amide bonds. The van der Waals surface area contributed by atoms with Gasteiger partial charge in [0.1, 0.15) is 0 Å². The maximum absolute atomic E-state index is 13.0. The molecule has 0 heterocycles. The van der Waals surface area contributed by atoms with Crippen LogP contribution in [0.15, 0.2) is 59.9 Å². The van der Waals surface area contributed by atoms with Gasteiger partial charge >= 0.3 is 0 Å². The minimum Gasteiger partial charge on any atom is -0.399 e. The third kappa shape index (κ3) is 6.84. The molecule has 5 nitrogen and oxygen atoms in total. The van der Waals surface area contributed by atoms with Crippen LogP contribution in [-0.4, -0.2) is 48.8 Å². The molecule has 1 atom stereocenters. The summed E-state index contributed by atoms with van der Waals surface area (Å²) in [4.78, 5) is 28.1. The molecular weight excluding hydrogens is 326 g/mol. The summed E-state index contributed by atoms with van der Waals surface area (Å²) in [5, 5.41) is 0. The number of hydrogen-bond acceptors (Lipinski definition) is 4. The van der Waals surface area contributed by atoms with E-state index in [2.05, 4.69) is 13.2 Å². The highest BCUT2D eigenvalue weighted by molar-refractivity contribution is 6.07. The molecular formula is C21H33N3O2. The molecule has 0 radical (unpaired) electrons. The monoisotopic (exact) mass is 359 g/mol. The molecule has 0 aromatic carbocycles. The quantitative estimate of drug-likeness (QED) is 0.740. The molecule has 26 heavy (non-hydrogen) atoms. The van der Waals surface area contributed by atoms with Crippen molar-refractivity contribution in [2.45, 2.75) is 27.7 Å². The minimum absolute atomic E-state index is 0.0918. The lowest BCUT2D eigenvalue weighted by Crippen LogP contribution is -2.41. The lowest BCUT2D eigenvalue weighted by atomic mass is 9.95. The normalized spacial score (nSPS) is 16.3. The summed E-state index contributed by atoms with van der Waals surface area (Å²) in [5.41, 5.74) is 8.28. The van der Waals surface area contributed by atoms with Crippen molar-refractivity contribution in [3.05, 3.63) is 59.9 Å². The van der Waals surface area contributed by atoms with E-state index in [0.717, 1.165) is 5.57 Å². The lowest BCUT2D eigenvalue weighted by Gasteiger charge is -2.23. The zero-order valence-corrected chi connectivity index (χ0v) is 17.0. The fraction of sp³-hybridized carbons (Fsp3) is 0.429. The zero-order valence-electron chi connectivity index (χ0n) is 17.0. The molecule has 5 heteroatoms. The van der Waals surface area contributed by atoms with Gasteiger partial charge in [0, 0.05) is 37.2 Å². The van der Waals surface area contributed by atoms with Gasteiger partial charge in [0.2, 0.25) is 5.91 Å². The predicted molar refractivity (Wildman–Crippen MR) is 109 cm³/mol. The van der Waals surface area contributed by atoms with Crippen LogP contribution < -0.4 is 5.73 Å². The molecule has 0 aromatic rings. The van der Waals surface area contributed by atoms with Gasteiger partial charge < -0.3 is 10.6 Å². The van der Waals surface area contributed by atoms with Gasteiger partial charge in [-0.3, -0.25) is 14.5 Å². The average Bonchev–Trinajstić information content (AvgIpc) is 2.74. The first-order valence-electron chi connectivity index (χ1n) is 8.84. The van der Waals surface area contributed by atoms with Crippen molar-refractivity contribution in [3.8, 4) is 0 Å². The van der Waals surface area contributed by atoms with E-state index in [1.54, 1.807) is 12.2 Å². The number of amides is 2. The summed E-state index contributed by atoms with van der Waals surface area (Å²) in [6.45, 7) is 15.9. The number of likely N-dealkylation sites (N-methyl/N-ethyl adjacent to an activating group) is 1. The van der Waals surface area contributed by atoms with Crippen molar-refractivity contribution in [1.29, 1.82) is 0 Å². The van der Waals surface area contributed by atoms with E-state index in [9.17, 15) is 9.59 Å². The molecule has 0 saturated heterocycles. The van der Waals surface area contributed by atoms with Crippen LogP contribution in [0.4, 0.5) is 0 Å². The van der Waals surface area contributed by atoms with E-state index in [4.69, 9.17) is 5.73 Å². The Morgan fingerprint density at radius 2 is 1.73 bits per heavy atom. The first-order valence-corrected chi connectivity index (χ1v) is 8.84. The number of carbonyl (C=O) groups is 2. The number of nitrogens with two attached hydrogens (primary N) is 1. The summed E-state index contributed by atoms with van der Waals surface area (Å²) in [6.07, 6.45) is 7.06. The Kier molecular flexibility index (Phi) is 10.2. The molecule has 0 aliphatic heterocycles. The van der Waals surface area contributed by atoms with Crippen LogP contribution in [0.25, 0.3) is 0 Å². The van der Waals surface area contributed by atoms with Crippen molar-refractivity contribution in [1.82, 2.24) is 9.80 Å². The Bertz CT molecular complexity index is 640. The van der Waals surface area contributed by atoms with Gasteiger partial charge in [-0.25, -0.2) is 0 Å². The van der Waals surface area contributed by atoms with Crippen molar-refractivity contribution in [2.75, 3.05) is 27.2 Å². The fourth-order valence-electron chi connectivity index (χ4n) is 2.38. The van der Waals surface area contributed by atoms with Crippen LogP contribution in [0.1, 0.15) is 27.7 Å². The van der Waals surface area contributed by atoms with Crippen molar-refractivity contribution < 1.29 is 9.59 Å². The van der Waals surface area contributed by atoms with E-state index in [-0.39, 0.29) is 17.7 Å². The highest BCUT2D eigenvalue weighted by Gasteiger charge is 2.26. The smallest absolute Gasteiger partial charge is 0.261 e. The van der Waals surface area contributed by atoms with E-state index in [1.807, 2.05) is 51.9 Å². The average molecular weight is 360 g/mol. The van der Waals surface area contributed by atoms with E-state index in [1.165, 1.54) is 11.8 Å². The Morgan fingerprint density at radius 1 is 1.15 bits per heavy atom. The van der Waals surface area contributed by atoms with Gasteiger partial charge in [0.15, 0.2) is 0 Å². The van der Waals surface area contributed by atoms with Crippen LogP contribution in [-0.2, 0) is 9.59 Å². The minimum atomic E-state index is -0.361. The molecule has 0 bridgehead atoms. The Balaban J connectivity index is 0.00000301. The van der Waals surface area contributed by atoms with Gasteiger partial charge in [0.25, 0.3) is 5.91 Å². The second kappa shape index (κ2) is 11.3. The second-order valence-electron chi connectivity index (χ2n) is 6.18. The number of nitrogens with zero attached hydrogens (tertiary/aromatic N) is 2. The van der Waals surface area contributed by atoms with Crippen molar-refractivity contribution in [2.24, 2.45) is 11.7 Å². The Labute approximate surface area is 158 Å². The lowest BCUT2D eigenvalue weighted by molar-refractivity contribution is -0.141. The summed E-state index contributed by atoms with van der Waals surface area (Å²) in [5.74, 6) is -0.749. The van der Waals surface area contributed by atoms with Crippen molar-refractivity contribution in [3.63, 3.8) is 0 Å². The highest BCUT2D eigenvalue weighted by Crippen LogP contribution is 2.27. The van der Waals surface area contributed by atoms with Gasteiger partial charge in [-0.05, 0) is 32.7 Å². The van der Waals surface area contributed by atoms with Gasteiger partial charge in [-0.1, -0.05) is 44.2 Å². The van der Waals surface area contributed by atoms with Crippen LogP contribution >= 0.6 is 0 Å². The van der Waals surface area contributed by atoms with Gasteiger partial charge in [0.05, 0.1) is 0 Å². The van der Waals surface area contributed by atoms with Crippen molar-refractivity contribution >= 4 is 11.8 Å². The van der Waals surface area contributed by atoms with E-state index < -0.39 is 0 Å². The standard InChI is InChI=1S/C19H27N3O2.C2H6/c1-7-15-10-16(20)12-18(17(11-15)13(2)3)19(24)22(14(4)23)9-8-21(5)6;1-2/h7,10-12,15H,1-2,8-9,20H2,3-6H3;1-2H3. The van der Waals surface area contributed by atoms with E-state index >= 15 is 0 Å². The van der Waals surface area contributed by atoms with Crippen LogP contribution in [0, 0.1) is 5.92 Å². The number of rotatable bonds is 6. The molecule has 1 unspecified atom stereocenters. The number of carbonyl (C=O) groups excluding carboxylic acids is 2. The number of imide groups is 1. The van der Waals surface area contributed by atoms with E-state index in [0.29, 0.717) is 29.9 Å². The van der Waals surface area contributed by atoms with Crippen LogP contribution in [0.5, 0.6) is 0 Å². The molecule has 144 valence electrons. The molecule has 0 aromatic heterocycles. The highest BCUT2D eigenvalue weighted by atomic mass is 16.2. The Morgan fingerprint density at radius 3 is 2.15 bits per heavy atom. The van der Waals surface area contributed by atoms with Gasteiger partial charge in [-0.15, -0.1) is 6.58 Å². The summed E-state index contributed by atoms with van der Waals surface area (Å²) < 4.78 is 0. The predicted octanol–water partition coefficient (Wildman–Crippen LogP) is 3.04. The Hall–Kier alpha value is -2.40. The zero-order chi connectivity index (χ0) is 20.4. The van der Waals surface area contributed by atoms with Crippen LogP contribution in [0.3, 0.4) is 0 Å². The largest absolute Gasteiger partial charge is 0.399 e. The fourth-order valence-corrected chi connectivity index (χ4v) is 2.38. The maximum Gasteiger partial charge on any atom is 0.261 e. The first kappa shape index (κ1) is 23.6. The molecule has 1 aliphatic carbocycles. The molecule has 0 fully saturated rings. The first-order chi connectivity index (χ1) is 12.2.